The van der Waals surface area contributed by atoms with Gasteiger partial charge < -0.3 is 10.1 Å². The molecule has 33 heavy (non-hydrogen) atoms. The van der Waals surface area contributed by atoms with Crippen LogP contribution in [0.1, 0.15) is 30.1 Å². The molecule has 0 saturated heterocycles. The number of hydrogen-bond donors (Lipinski definition) is 1. The summed E-state index contributed by atoms with van der Waals surface area (Å²) in [7, 11) is 0. The highest BCUT2D eigenvalue weighted by Gasteiger charge is 2.32. The average molecular weight is 454 g/mol. The number of nitrogens with zero attached hydrogens (tertiary/aromatic N) is 3. The number of halogens is 3. The molecule has 2 heterocycles. The zero-order chi connectivity index (χ0) is 23.4. The van der Waals surface area contributed by atoms with Crippen LogP contribution in [0.25, 0.3) is 22.2 Å². The van der Waals surface area contributed by atoms with Crippen molar-refractivity contribution in [3.05, 3.63) is 59.9 Å². The summed E-state index contributed by atoms with van der Waals surface area (Å²) in [4.78, 5) is 17.2. The number of aromatic nitrogens is 1. The lowest BCUT2D eigenvalue weighted by Gasteiger charge is -2.17. The molecule has 4 rings (SSSR count). The second kappa shape index (κ2) is 9.40. The molecule has 0 atom stereocenters. The second-order valence-electron chi connectivity index (χ2n) is 7.56. The molecule has 1 aliphatic heterocycles. The fraction of sp³-hybridized carbons (Fsp3) is 0.250. The van der Waals surface area contributed by atoms with Crippen molar-refractivity contribution in [1.29, 1.82) is 0 Å². The Morgan fingerprint density at radius 3 is 2.64 bits per heavy atom. The van der Waals surface area contributed by atoms with E-state index in [0.717, 1.165) is 0 Å². The van der Waals surface area contributed by atoms with E-state index in [2.05, 4.69) is 20.5 Å². The van der Waals surface area contributed by atoms with Crippen molar-refractivity contribution in [2.75, 3.05) is 13.2 Å². The van der Waals surface area contributed by atoms with Crippen LogP contribution in [0, 0.1) is 5.82 Å². The van der Waals surface area contributed by atoms with Gasteiger partial charge in [0.25, 0.3) is 11.8 Å². The Hall–Kier alpha value is -3.75. The zero-order valence-corrected chi connectivity index (χ0v) is 17.8. The lowest BCUT2D eigenvalue weighted by atomic mass is 10.1. The monoisotopic (exact) mass is 454 g/mol. The Balaban J connectivity index is 1.57. The van der Waals surface area contributed by atoms with Gasteiger partial charge in [0.05, 0.1) is 36.5 Å². The minimum absolute atomic E-state index is 0.186. The van der Waals surface area contributed by atoms with Crippen LogP contribution in [0.2, 0.25) is 0 Å². The van der Waals surface area contributed by atoms with E-state index in [1.807, 2.05) is 6.92 Å². The van der Waals surface area contributed by atoms with Crippen LogP contribution in [-0.2, 0) is 0 Å². The summed E-state index contributed by atoms with van der Waals surface area (Å²) in [5, 5.41) is 10.2. The van der Waals surface area contributed by atoms with Crippen LogP contribution in [-0.4, -0.2) is 41.9 Å². The first-order chi connectivity index (χ1) is 15.8. The predicted octanol–water partition coefficient (Wildman–Crippen LogP) is 5.03. The molecule has 0 radical (unpaired) electrons. The van der Waals surface area contributed by atoms with Gasteiger partial charge in [-0.3, -0.25) is 4.79 Å². The molecule has 2 aromatic carbocycles. The van der Waals surface area contributed by atoms with E-state index in [-0.39, 0.29) is 17.1 Å². The summed E-state index contributed by atoms with van der Waals surface area (Å²) in [5.41, 5.74) is 2.13. The number of hydrogen-bond acceptors (Lipinski definition) is 5. The van der Waals surface area contributed by atoms with Crippen molar-refractivity contribution in [2.45, 2.75) is 25.7 Å². The van der Waals surface area contributed by atoms with Crippen LogP contribution in [0.5, 0.6) is 5.75 Å². The molecule has 0 spiro atoms. The Morgan fingerprint density at radius 2 is 1.94 bits per heavy atom. The summed E-state index contributed by atoms with van der Waals surface area (Å²) in [6.45, 7) is 1.43. The summed E-state index contributed by atoms with van der Waals surface area (Å²) in [5.74, 6) is -3.60. The van der Waals surface area contributed by atoms with E-state index in [1.165, 1.54) is 30.5 Å². The van der Waals surface area contributed by atoms with E-state index in [4.69, 9.17) is 4.74 Å². The third-order valence-electron chi connectivity index (χ3n) is 5.05. The maximum Gasteiger partial charge on any atom is 0.270 e. The molecule has 170 valence electrons. The number of carbonyl (C=O) groups is 1. The molecule has 1 aliphatic rings. The Bertz CT molecular complexity index is 1240. The lowest BCUT2D eigenvalue weighted by Crippen LogP contribution is -2.38. The van der Waals surface area contributed by atoms with Crippen molar-refractivity contribution >= 4 is 28.7 Å². The highest BCUT2D eigenvalue weighted by molar-refractivity contribution is 6.00. The Morgan fingerprint density at radius 1 is 1.15 bits per heavy atom. The third-order valence-corrected chi connectivity index (χ3v) is 5.05. The number of rotatable bonds is 8. The van der Waals surface area contributed by atoms with Crippen molar-refractivity contribution in [3.63, 3.8) is 0 Å². The molecule has 0 aliphatic carbocycles. The van der Waals surface area contributed by atoms with Crippen molar-refractivity contribution in [3.8, 4) is 17.0 Å². The van der Waals surface area contributed by atoms with Gasteiger partial charge >= 0.3 is 0 Å². The standard InChI is InChI=1S/C24H21F3N4O2/c1-2-33-22-12-20(15-3-6-17(25)7-4-15)30-21-11-16(5-8-19(21)22)23(32)28-14-24(26,27)13-18-9-10-29-31-18/h3-8,10-12H,2,9,13-14H2,1H3,(H,28,32). The van der Waals surface area contributed by atoms with Gasteiger partial charge in [0, 0.05) is 35.2 Å². The predicted molar refractivity (Wildman–Crippen MR) is 121 cm³/mol. The number of fused-ring (bicyclic) bond motifs is 1. The van der Waals surface area contributed by atoms with E-state index < -0.39 is 24.8 Å². The molecule has 1 N–H and O–H groups in total. The number of ether oxygens (including phenoxy) is 1. The molecule has 1 aromatic heterocycles. The minimum atomic E-state index is -3.14. The molecule has 3 aromatic rings. The molecule has 0 saturated carbocycles. The number of alkyl halides is 2. The third kappa shape index (κ3) is 5.36. The van der Waals surface area contributed by atoms with Gasteiger partial charge in [0.1, 0.15) is 11.6 Å². The van der Waals surface area contributed by atoms with Crippen molar-refractivity contribution in [2.24, 2.45) is 10.2 Å². The van der Waals surface area contributed by atoms with Gasteiger partial charge in [-0.25, -0.2) is 18.2 Å². The van der Waals surface area contributed by atoms with Gasteiger partial charge in [0.15, 0.2) is 0 Å². The van der Waals surface area contributed by atoms with E-state index >= 15 is 0 Å². The SMILES string of the molecule is CCOc1cc(-c2ccc(F)cc2)nc2cc(C(=O)NCC(F)(F)CC3=NN=CC3)ccc12. The quantitative estimate of drug-likeness (QED) is 0.519. The Labute approximate surface area is 188 Å². The minimum Gasteiger partial charge on any atom is -0.493 e. The summed E-state index contributed by atoms with van der Waals surface area (Å²) >= 11 is 0. The first-order valence-electron chi connectivity index (χ1n) is 10.4. The van der Waals surface area contributed by atoms with Gasteiger partial charge in [-0.05, 0) is 49.4 Å². The number of benzene rings is 2. The maximum absolute atomic E-state index is 14.2. The molecule has 0 fully saturated rings. The molecule has 6 nitrogen and oxygen atoms in total. The first-order valence-corrected chi connectivity index (χ1v) is 10.4. The van der Waals surface area contributed by atoms with Crippen LogP contribution in [0.3, 0.4) is 0 Å². The van der Waals surface area contributed by atoms with E-state index in [9.17, 15) is 18.0 Å². The number of amides is 1. The molecule has 0 unspecified atom stereocenters. The van der Waals surface area contributed by atoms with Crippen LogP contribution in [0.4, 0.5) is 13.2 Å². The van der Waals surface area contributed by atoms with Crippen LogP contribution in [0.15, 0.2) is 58.7 Å². The number of nitrogens with one attached hydrogen (secondary N) is 1. The molecular formula is C24H21F3N4O2. The van der Waals surface area contributed by atoms with Crippen LogP contribution < -0.4 is 10.1 Å². The van der Waals surface area contributed by atoms with Crippen molar-refractivity contribution in [1.82, 2.24) is 10.3 Å². The summed E-state index contributed by atoms with van der Waals surface area (Å²) in [6, 6.07) is 12.3. The molecule has 0 bridgehead atoms. The van der Waals surface area contributed by atoms with Crippen molar-refractivity contribution < 1.29 is 22.7 Å². The van der Waals surface area contributed by atoms with Crippen LogP contribution >= 0.6 is 0 Å². The zero-order valence-electron chi connectivity index (χ0n) is 17.8. The van der Waals surface area contributed by atoms with E-state index in [0.29, 0.717) is 40.9 Å². The lowest BCUT2D eigenvalue weighted by molar-refractivity contribution is 0.00980. The van der Waals surface area contributed by atoms with Gasteiger partial charge in [-0.2, -0.15) is 10.2 Å². The maximum atomic E-state index is 14.2. The first kappa shape index (κ1) is 22.4. The largest absolute Gasteiger partial charge is 0.493 e. The number of carbonyl (C=O) groups excluding carboxylic acids is 1. The summed E-state index contributed by atoms with van der Waals surface area (Å²) in [6.07, 6.45) is 1.19. The summed E-state index contributed by atoms with van der Waals surface area (Å²) < 4.78 is 47.4. The normalized spacial score (nSPS) is 13.3. The smallest absolute Gasteiger partial charge is 0.270 e. The molecule has 1 amide bonds. The van der Waals surface area contributed by atoms with Gasteiger partial charge in [-0.15, -0.1) is 0 Å². The van der Waals surface area contributed by atoms with E-state index in [1.54, 1.807) is 24.3 Å². The molecular weight excluding hydrogens is 433 g/mol. The topological polar surface area (TPSA) is 75.9 Å². The fourth-order valence-electron chi connectivity index (χ4n) is 3.47. The van der Waals surface area contributed by atoms with Gasteiger partial charge in [0.2, 0.25) is 0 Å². The highest BCUT2D eigenvalue weighted by atomic mass is 19.3. The molecule has 9 heteroatoms. The second-order valence-corrected chi connectivity index (χ2v) is 7.56. The van der Waals surface area contributed by atoms with Gasteiger partial charge in [-0.1, -0.05) is 0 Å². The highest BCUT2D eigenvalue weighted by Crippen LogP contribution is 2.31. The number of pyridine rings is 1. The Kier molecular flexibility index (Phi) is 6.39. The average Bonchev–Trinajstić information content (AvgIpc) is 3.30. The fourth-order valence-corrected chi connectivity index (χ4v) is 3.47.